The molecule has 3 aromatic rings. The van der Waals surface area contributed by atoms with Crippen molar-refractivity contribution in [1.82, 2.24) is 14.9 Å². The molecule has 0 radical (unpaired) electrons. The van der Waals surface area contributed by atoms with Gasteiger partial charge in [0, 0.05) is 27.1 Å². The van der Waals surface area contributed by atoms with Crippen molar-refractivity contribution in [2.45, 2.75) is 50.1 Å². The van der Waals surface area contributed by atoms with Crippen LogP contribution in [0.3, 0.4) is 0 Å². The number of ether oxygens (including phenoxy) is 1. The molecule has 3 N–H and O–H groups in total. The third-order valence-corrected chi connectivity index (χ3v) is 7.96. The van der Waals surface area contributed by atoms with E-state index in [1.807, 2.05) is 23.1 Å². The Bertz CT molecular complexity index is 1170. The number of morpholine rings is 1. The lowest BCUT2D eigenvalue weighted by atomic mass is 9.86. The third-order valence-electron chi connectivity index (χ3n) is 6.41. The van der Waals surface area contributed by atoms with Gasteiger partial charge in [0.2, 0.25) is 5.91 Å². The summed E-state index contributed by atoms with van der Waals surface area (Å²) >= 11 is 6.10. The highest BCUT2D eigenvalue weighted by Crippen LogP contribution is 2.41. The van der Waals surface area contributed by atoms with Crippen LogP contribution in [0, 0.1) is 5.92 Å². The van der Waals surface area contributed by atoms with Crippen LogP contribution in [0.15, 0.2) is 29.4 Å². The zero-order valence-electron chi connectivity index (χ0n) is 18.2. The summed E-state index contributed by atoms with van der Waals surface area (Å²) < 4.78 is 5.61. The maximum absolute atomic E-state index is 13.4. The van der Waals surface area contributed by atoms with Gasteiger partial charge in [-0.2, -0.15) is 0 Å². The number of carbonyl (C=O) groups is 1. The second kappa shape index (κ2) is 8.53. The number of anilines is 3. The molecule has 2 aliphatic rings. The van der Waals surface area contributed by atoms with Crippen LogP contribution in [-0.4, -0.2) is 46.1 Å². The minimum atomic E-state index is 0.00627. The molecule has 3 atom stereocenters. The normalized spacial score (nSPS) is 23.2. The smallest absolute Gasteiger partial charge is 0.226 e. The Morgan fingerprint density at radius 1 is 1.28 bits per heavy atom. The Labute approximate surface area is 196 Å². The highest BCUT2D eigenvalue weighted by Gasteiger charge is 2.36. The number of aryl methyl sites for hydroxylation is 1. The number of nitrogens with zero attached hydrogens (tertiary/aromatic N) is 3. The molecule has 2 aromatic heterocycles. The Kier molecular flexibility index (Phi) is 5.73. The van der Waals surface area contributed by atoms with Gasteiger partial charge < -0.3 is 20.7 Å². The van der Waals surface area contributed by atoms with E-state index in [0.717, 1.165) is 45.9 Å². The molecule has 1 saturated heterocycles. The number of fused-ring (bicyclic) bond motifs is 3. The van der Waals surface area contributed by atoms with Gasteiger partial charge in [-0.05, 0) is 56.9 Å². The van der Waals surface area contributed by atoms with Gasteiger partial charge in [0.1, 0.15) is 17.0 Å². The number of benzene rings is 1. The number of aromatic nitrogens is 2. The number of nitrogen functional groups attached to an aromatic ring is 1. The van der Waals surface area contributed by atoms with Gasteiger partial charge in [-0.25, -0.2) is 9.97 Å². The first-order valence-electron chi connectivity index (χ1n) is 10.9. The molecular weight excluding hydrogens is 442 g/mol. The second-order valence-electron chi connectivity index (χ2n) is 8.73. The Morgan fingerprint density at radius 3 is 2.81 bits per heavy atom. The van der Waals surface area contributed by atoms with E-state index in [2.05, 4.69) is 41.8 Å². The van der Waals surface area contributed by atoms with E-state index < -0.39 is 0 Å². The molecule has 5 rings (SSSR count). The number of nitrogens with one attached hydrogen (secondary N) is 1. The van der Waals surface area contributed by atoms with E-state index >= 15 is 0 Å². The zero-order chi connectivity index (χ0) is 22.4. The molecule has 1 aliphatic heterocycles. The Morgan fingerprint density at radius 2 is 2.06 bits per heavy atom. The fraction of sp³-hybridized carbons (Fsp3) is 0.435. The summed E-state index contributed by atoms with van der Waals surface area (Å²) in [6.45, 7) is 5.37. The molecule has 3 heterocycles. The summed E-state index contributed by atoms with van der Waals surface area (Å²) in [4.78, 5) is 27.4. The predicted octanol–water partition coefficient (Wildman–Crippen LogP) is 4.05. The number of thiol groups is 1. The van der Waals surface area contributed by atoms with Gasteiger partial charge in [0.15, 0.2) is 0 Å². The van der Waals surface area contributed by atoms with Crippen LogP contribution < -0.4 is 11.1 Å². The number of hydrogen-bond acceptors (Lipinski definition) is 8. The van der Waals surface area contributed by atoms with E-state index in [-0.39, 0.29) is 23.9 Å². The molecule has 9 heteroatoms. The topological polar surface area (TPSA) is 93.4 Å². The SMILES string of the molecule is CC1COCC(C)N1C(=O)C1CCc2c(sc3ncnc(Nc4ccc(N)c(S)c4)c23)C1. The minimum absolute atomic E-state index is 0.00627. The monoisotopic (exact) mass is 469 g/mol. The van der Waals surface area contributed by atoms with E-state index in [0.29, 0.717) is 18.9 Å². The standard InChI is InChI=1S/C23H27N5O2S2/c1-12-9-30-10-13(2)28(12)23(29)14-3-5-16-19(7-14)32-22-20(16)21(25-11-26-22)27-15-4-6-17(24)18(31)8-15/h4,6,8,11-14,31H,3,5,7,9-10,24H2,1-2H3,(H,25,26,27). The Hall–Kier alpha value is -2.36. The molecule has 7 nitrogen and oxygen atoms in total. The molecule has 1 fully saturated rings. The number of nitrogens with two attached hydrogens (primary N) is 1. The molecular formula is C23H27N5O2S2. The van der Waals surface area contributed by atoms with Crippen molar-refractivity contribution in [2.24, 2.45) is 5.92 Å². The van der Waals surface area contributed by atoms with Crippen molar-refractivity contribution in [3.63, 3.8) is 0 Å². The van der Waals surface area contributed by atoms with Crippen LogP contribution in [0.4, 0.5) is 17.2 Å². The maximum atomic E-state index is 13.4. The molecule has 168 valence electrons. The first kappa shape index (κ1) is 21.5. The molecule has 3 unspecified atom stereocenters. The summed E-state index contributed by atoms with van der Waals surface area (Å²) in [7, 11) is 0. The molecule has 1 amide bonds. The number of thiophene rings is 1. The van der Waals surface area contributed by atoms with Crippen molar-refractivity contribution in [3.05, 3.63) is 35.0 Å². The first-order valence-corrected chi connectivity index (χ1v) is 12.2. The molecule has 0 bridgehead atoms. The van der Waals surface area contributed by atoms with Crippen molar-refractivity contribution in [3.8, 4) is 0 Å². The van der Waals surface area contributed by atoms with Gasteiger partial charge in [0.25, 0.3) is 0 Å². The van der Waals surface area contributed by atoms with Crippen LogP contribution in [0.25, 0.3) is 10.2 Å². The molecule has 32 heavy (non-hydrogen) atoms. The predicted molar refractivity (Wildman–Crippen MR) is 131 cm³/mol. The molecule has 0 saturated carbocycles. The lowest BCUT2D eigenvalue weighted by Crippen LogP contribution is -2.54. The van der Waals surface area contributed by atoms with Crippen molar-refractivity contribution in [1.29, 1.82) is 0 Å². The van der Waals surface area contributed by atoms with E-state index in [1.54, 1.807) is 17.7 Å². The van der Waals surface area contributed by atoms with Crippen molar-refractivity contribution in [2.75, 3.05) is 24.3 Å². The van der Waals surface area contributed by atoms with E-state index in [9.17, 15) is 4.79 Å². The summed E-state index contributed by atoms with van der Waals surface area (Å²) in [6, 6.07) is 5.88. The number of carbonyl (C=O) groups excluding carboxylic acids is 1. The summed E-state index contributed by atoms with van der Waals surface area (Å²) in [5.41, 5.74) is 8.67. The van der Waals surface area contributed by atoms with Crippen LogP contribution >= 0.6 is 24.0 Å². The largest absolute Gasteiger partial charge is 0.398 e. The first-order chi connectivity index (χ1) is 15.4. The van der Waals surface area contributed by atoms with Crippen molar-refractivity contribution < 1.29 is 9.53 Å². The summed E-state index contributed by atoms with van der Waals surface area (Å²) in [5, 5.41) is 4.47. The zero-order valence-corrected chi connectivity index (χ0v) is 19.9. The average molecular weight is 470 g/mol. The minimum Gasteiger partial charge on any atom is -0.398 e. The molecule has 0 spiro atoms. The van der Waals surface area contributed by atoms with E-state index in [1.165, 1.54) is 10.4 Å². The van der Waals surface area contributed by atoms with Crippen molar-refractivity contribution >= 4 is 57.3 Å². The van der Waals surface area contributed by atoms with E-state index in [4.69, 9.17) is 10.5 Å². The summed E-state index contributed by atoms with van der Waals surface area (Å²) in [5.74, 6) is 1.04. The number of hydrogen-bond donors (Lipinski definition) is 3. The quantitative estimate of drug-likeness (QED) is 0.396. The highest BCUT2D eigenvalue weighted by atomic mass is 32.1. The van der Waals surface area contributed by atoms with Gasteiger partial charge in [-0.1, -0.05) is 0 Å². The maximum Gasteiger partial charge on any atom is 0.226 e. The lowest BCUT2D eigenvalue weighted by molar-refractivity contribution is -0.149. The van der Waals surface area contributed by atoms with Crippen LogP contribution in [0.5, 0.6) is 0 Å². The third kappa shape index (κ3) is 3.82. The van der Waals surface area contributed by atoms with Gasteiger partial charge in [-0.15, -0.1) is 24.0 Å². The highest BCUT2D eigenvalue weighted by molar-refractivity contribution is 7.80. The fourth-order valence-electron chi connectivity index (χ4n) is 4.82. The second-order valence-corrected chi connectivity index (χ2v) is 10.3. The summed E-state index contributed by atoms with van der Waals surface area (Å²) in [6.07, 6.45) is 4.03. The Balaban J connectivity index is 1.43. The van der Waals surface area contributed by atoms with Gasteiger partial charge in [-0.3, -0.25) is 4.79 Å². The lowest BCUT2D eigenvalue weighted by Gasteiger charge is -2.41. The average Bonchev–Trinajstić information content (AvgIpc) is 3.15. The van der Waals surface area contributed by atoms with Crippen LogP contribution in [0.1, 0.15) is 30.7 Å². The molecule has 1 aromatic carbocycles. The number of amides is 1. The van der Waals surface area contributed by atoms with Crippen LogP contribution in [-0.2, 0) is 22.4 Å². The van der Waals surface area contributed by atoms with Gasteiger partial charge in [0.05, 0.1) is 30.7 Å². The molecule has 1 aliphatic carbocycles. The van der Waals surface area contributed by atoms with Gasteiger partial charge >= 0.3 is 0 Å². The fourth-order valence-corrected chi connectivity index (χ4v) is 6.30. The van der Waals surface area contributed by atoms with Crippen LogP contribution in [0.2, 0.25) is 0 Å². The number of rotatable bonds is 3.